The molecule has 142 valence electrons. The molecule has 2 heterocycles. The summed E-state index contributed by atoms with van der Waals surface area (Å²) in [5.74, 6) is 0. The molecular weight excluding hydrogens is 364 g/mol. The summed E-state index contributed by atoms with van der Waals surface area (Å²) in [5.41, 5.74) is 6.24. The van der Waals surface area contributed by atoms with Gasteiger partial charge in [0.2, 0.25) is 0 Å². The summed E-state index contributed by atoms with van der Waals surface area (Å²) < 4.78 is 0. The second kappa shape index (κ2) is 8.14. The molecule has 0 spiro atoms. The van der Waals surface area contributed by atoms with E-state index in [2.05, 4.69) is 82.8 Å². The molecule has 3 aromatic carbocycles. The Morgan fingerprint density at radius 2 is 0.833 bits per heavy atom. The maximum atomic E-state index is 4.69. The third kappa shape index (κ3) is 4.03. The monoisotopic (exact) mass is 384 g/mol. The number of aromatic nitrogens is 2. The second-order valence-corrected chi connectivity index (χ2v) is 7.19. The highest BCUT2D eigenvalue weighted by molar-refractivity contribution is 5.82. The van der Waals surface area contributed by atoms with Crippen molar-refractivity contribution in [2.75, 3.05) is 0 Å². The van der Waals surface area contributed by atoms with Crippen LogP contribution in [0.5, 0.6) is 0 Å². The van der Waals surface area contributed by atoms with Crippen LogP contribution < -0.4 is 0 Å². The number of rotatable bonds is 4. The van der Waals surface area contributed by atoms with Crippen molar-refractivity contribution in [2.24, 2.45) is 0 Å². The first-order valence-electron chi connectivity index (χ1n) is 10.0. The Morgan fingerprint density at radius 1 is 0.400 bits per heavy atom. The van der Waals surface area contributed by atoms with Crippen LogP contribution in [0.4, 0.5) is 0 Å². The van der Waals surface area contributed by atoms with Crippen LogP contribution >= 0.6 is 0 Å². The molecule has 2 nitrogen and oxygen atoms in total. The van der Waals surface area contributed by atoms with Crippen molar-refractivity contribution < 1.29 is 0 Å². The SMILES string of the molecule is C(=C/c1ccc2ccccc2n1)/c1ccc(/C=C\c2ccc3ccccc3n2)cc1. The van der Waals surface area contributed by atoms with Gasteiger partial charge in [0.05, 0.1) is 22.4 Å². The Hall–Kier alpha value is -4.04. The molecule has 0 amide bonds. The first-order chi connectivity index (χ1) is 14.8. The summed E-state index contributed by atoms with van der Waals surface area (Å²) in [5, 5.41) is 2.32. The number of nitrogens with zero attached hydrogens (tertiary/aromatic N) is 2. The van der Waals surface area contributed by atoms with Crippen LogP contribution in [0.1, 0.15) is 22.5 Å². The molecule has 0 saturated heterocycles. The van der Waals surface area contributed by atoms with E-state index in [9.17, 15) is 0 Å². The highest BCUT2D eigenvalue weighted by atomic mass is 14.7. The zero-order chi connectivity index (χ0) is 20.2. The molecule has 0 radical (unpaired) electrons. The maximum absolute atomic E-state index is 4.69. The van der Waals surface area contributed by atoms with Crippen LogP contribution in [0.25, 0.3) is 46.1 Å². The predicted molar refractivity (Wildman–Crippen MR) is 128 cm³/mol. The van der Waals surface area contributed by atoms with Gasteiger partial charge in [-0.15, -0.1) is 0 Å². The molecular formula is C28H20N2. The Kier molecular flexibility index (Phi) is 4.89. The number of pyridine rings is 2. The van der Waals surface area contributed by atoms with Crippen molar-refractivity contribution >= 4 is 46.1 Å². The molecule has 2 heteroatoms. The second-order valence-electron chi connectivity index (χ2n) is 7.19. The summed E-state index contributed by atoms with van der Waals surface area (Å²) >= 11 is 0. The standard InChI is InChI=1S/C28H20N2/c1-3-7-27-23(5-1)15-19-25(29-27)17-13-21-9-11-22(12-10-21)14-18-26-20-16-24-6-2-4-8-28(24)30-26/h1-20H/b17-13-,18-14-. The quantitative estimate of drug-likeness (QED) is 0.329. The van der Waals surface area contributed by atoms with E-state index in [0.29, 0.717) is 0 Å². The molecule has 2 aromatic heterocycles. The van der Waals surface area contributed by atoms with Crippen LogP contribution in [0.3, 0.4) is 0 Å². The normalized spacial score (nSPS) is 11.7. The lowest BCUT2D eigenvalue weighted by molar-refractivity contribution is 1.37. The van der Waals surface area contributed by atoms with Gasteiger partial charge in [0, 0.05) is 10.8 Å². The van der Waals surface area contributed by atoms with Crippen LogP contribution in [0.15, 0.2) is 97.1 Å². The fourth-order valence-corrected chi connectivity index (χ4v) is 3.43. The Bertz CT molecular complexity index is 1270. The Balaban J connectivity index is 1.30. The average molecular weight is 384 g/mol. The van der Waals surface area contributed by atoms with E-state index in [1.165, 1.54) is 0 Å². The van der Waals surface area contributed by atoms with Crippen LogP contribution in [0.2, 0.25) is 0 Å². The summed E-state index contributed by atoms with van der Waals surface area (Å²) in [6.45, 7) is 0. The van der Waals surface area contributed by atoms with E-state index in [1.807, 2.05) is 48.5 Å². The number of benzene rings is 3. The van der Waals surface area contributed by atoms with Gasteiger partial charge in [-0.3, -0.25) is 0 Å². The lowest BCUT2D eigenvalue weighted by Crippen LogP contribution is -1.83. The molecule has 0 aliphatic heterocycles. The largest absolute Gasteiger partial charge is 0.248 e. The van der Waals surface area contributed by atoms with Crippen LogP contribution in [0, 0.1) is 0 Å². The van der Waals surface area contributed by atoms with Gasteiger partial charge >= 0.3 is 0 Å². The molecule has 0 bridgehead atoms. The van der Waals surface area contributed by atoms with Gasteiger partial charge in [-0.1, -0.05) is 84.9 Å². The van der Waals surface area contributed by atoms with Gasteiger partial charge in [0.1, 0.15) is 0 Å². The zero-order valence-electron chi connectivity index (χ0n) is 16.4. The van der Waals surface area contributed by atoms with Crippen molar-refractivity contribution in [3.63, 3.8) is 0 Å². The minimum atomic E-state index is 0.958. The highest BCUT2D eigenvalue weighted by Crippen LogP contribution is 2.16. The van der Waals surface area contributed by atoms with Gasteiger partial charge in [-0.05, 0) is 47.5 Å². The van der Waals surface area contributed by atoms with E-state index in [1.54, 1.807) is 0 Å². The molecule has 0 saturated carbocycles. The molecule has 0 N–H and O–H groups in total. The fourth-order valence-electron chi connectivity index (χ4n) is 3.43. The first-order valence-corrected chi connectivity index (χ1v) is 10.0. The first kappa shape index (κ1) is 18.0. The van der Waals surface area contributed by atoms with E-state index in [-0.39, 0.29) is 0 Å². The van der Waals surface area contributed by atoms with Crippen LogP contribution in [-0.4, -0.2) is 9.97 Å². The van der Waals surface area contributed by atoms with Crippen molar-refractivity contribution in [1.29, 1.82) is 0 Å². The third-order valence-corrected chi connectivity index (χ3v) is 5.07. The number of fused-ring (bicyclic) bond motifs is 2. The van der Waals surface area contributed by atoms with Crippen molar-refractivity contribution in [2.45, 2.75) is 0 Å². The molecule has 5 aromatic rings. The summed E-state index contributed by atoms with van der Waals surface area (Å²) in [6.07, 6.45) is 8.29. The van der Waals surface area contributed by atoms with Crippen molar-refractivity contribution in [3.05, 3.63) is 120 Å². The smallest absolute Gasteiger partial charge is 0.0709 e. The van der Waals surface area contributed by atoms with Crippen molar-refractivity contribution in [3.8, 4) is 0 Å². The molecule has 0 aliphatic rings. The number of hydrogen-bond acceptors (Lipinski definition) is 2. The molecule has 5 rings (SSSR count). The summed E-state index contributed by atoms with van der Waals surface area (Å²) in [4.78, 5) is 9.38. The van der Waals surface area contributed by atoms with E-state index < -0.39 is 0 Å². The zero-order valence-corrected chi connectivity index (χ0v) is 16.4. The summed E-state index contributed by atoms with van der Waals surface area (Å²) in [6, 6.07) is 33.1. The minimum absolute atomic E-state index is 0.958. The lowest BCUT2D eigenvalue weighted by Gasteiger charge is -2.00. The van der Waals surface area contributed by atoms with Gasteiger partial charge in [-0.2, -0.15) is 0 Å². The molecule has 0 unspecified atom stereocenters. The number of para-hydroxylation sites is 2. The lowest BCUT2D eigenvalue weighted by atomic mass is 10.1. The van der Waals surface area contributed by atoms with Gasteiger partial charge in [-0.25, -0.2) is 9.97 Å². The number of hydrogen-bond donors (Lipinski definition) is 0. The predicted octanol–water partition coefficient (Wildman–Crippen LogP) is 7.12. The van der Waals surface area contributed by atoms with Gasteiger partial charge in [0.25, 0.3) is 0 Å². The van der Waals surface area contributed by atoms with E-state index >= 15 is 0 Å². The maximum Gasteiger partial charge on any atom is 0.0709 e. The molecule has 0 fully saturated rings. The highest BCUT2D eigenvalue weighted by Gasteiger charge is 1.96. The minimum Gasteiger partial charge on any atom is -0.248 e. The van der Waals surface area contributed by atoms with Gasteiger partial charge in [0.15, 0.2) is 0 Å². The molecule has 0 atom stereocenters. The average Bonchev–Trinajstić information content (AvgIpc) is 2.82. The molecule has 0 aliphatic carbocycles. The molecule has 30 heavy (non-hydrogen) atoms. The van der Waals surface area contributed by atoms with E-state index in [0.717, 1.165) is 44.3 Å². The Labute approximate surface area is 175 Å². The topological polar surface area (TPSA) is 25.8 Å². The summed E-state index contributed by atoms with van der Waals surface area (Å²) in [7, 11) is 0. The van der Waals surface area contributed by atoms with E-state index in [4.69, 9.17) is 0 Å². The van der Waals surface area contributed by atoms with Crippen LogP contribution in [-0.2, 0) is 0 Å². The third-order valence-electron chi connectivity index (χ3n) is 5.07. The Morgan fingerprint density at radius 3 is 1.30 bits per heavy atom. The van der Waals surface area contributed by atoms with Crippen molar-refractivity contribution in [1.82, 2.24) is 9.97 Å². The van der Waals surface area contributed by atoms with Gasteiger partial charge < -0.3 is 0 Å². The fraction of sp³-hybridized carbons (Fsp3) is 0.